The van der Waals surface area contributed by atoms with Gasteiger partial charge in [-0.3, -0.25) is 0 Å². The zero-order valence-corrected chi connectivity index (χ0v) is 13.0. The Hall–Kier alpha value is -1.71. The summed E-state index contributed by atoms with van der Waals surface area (Å²) >= 11 is 0. The minimum atomic E-state index is -1.40. The van der Waals surface area contributed by atoms with Crippen LogP contribution in [0.3, 0.4) is 0 Å². The van der Waals surface area contributed by atoms with Gasteiger partial charge in [0.1, 0.15) is 0 Å². The van der Waals surface area contributed by atoms with Crippen molar-refractivity contribution in [2.75, 3.05) is 0 Å². The number of carboxylic acid groups (broad SMARTS) is 1. The summed E-state index contributed by atoms with van der Waals surface area (Å²) in [6.45, 7) is 4.31. The van der Waals surface area contributed by atoms with E-state index in [1.165, 1.54) is 0 Å². The van der Waals surface area contributed by atoms with E-state index in [-0.39, 0.29) is 11.5 Å². The number of benzene rings is 1. The molecule has 0 spiro atoms. The largest absolute Gasteiger partial charge is 0.511 e. The molecule has 118 valence electrons. The standard InChI is InChI=1S/C17H26O4/c1-3-5-7-9-13-11-15(18)16(21-17(19)20)12-14(13)10-8-6-4-2/h11-12,18H,3-10H2,1-2H3,(H,19,20). The van der Waals surface area contributed by atoms with Crippen molar-refractivity contribution in [3.63, 3.8) is 0 Å². The van der Waals surface area contributed by atoms with Crippen molar-refractivity contribution in [1.82, 2.24) is 0 Å². The van der Waals surface area contributed by atoms with Gasteiger partial charge in [0.05, 0.1) is 0 Å². The molecule has 1 aromatic rings. The first-order valence-corrected chi connectivity index (χ1v) is 7.84. The first kappa shape index (κ1) is 17.3. The molecule has 1 rings (SSSR count). The molecule has 21 heavy (non-hydrogen) atoms. The van der Waals surface area contributed by atoms with E-state index in [1.807, 2.05) is 0 Å². The van der Waals surface area contributed by atoms with Crippen molar-refractivity contribution >= 4 is 6.16 Å². The number of aromatic hydroxyl groups is 1. The number of ether oxygens (including phenoxy) is 1. The maximum Gasteiger partial charge on any atom is 0.511 e. The lowest BCUT2D eigenvalue weighted by atomic mass is 9.96. The summed E-state index contributed by atoms with van der Waals surface area (Å²) in [5, 5.41) is 18.6. The predicted molar refractivity (Wildman–Crippen MR) is 83.2 cm³/mol. The van der Waals surface area contributed by atoms with Gasteiger partial charge in [-0.1, -0.05) is 39.5 Å². The Labute approximate surface area is 126 Å². The molecule has 0 amide bonds. The normalized spacial score (nSPS) is 10.6. The van der Waals surface area contributed by atoms with E-state index in [9.17, 15) is 9.90 Å². The number of aryl methyl sites for hydroxylation is 2. The molecular formula is C17H26O4. The van der Waals surface area contributed by atoms with Crippen molar-refractivity contribution < 1.29 is 19.7 Å². The van der Waals surface area contributed by atoms with Crippen molar-refractivity contribution in [2.45, 2.75) is 65.2 Å². The minimum Gasteiger partial charge on any atom is -0.504 e. The second kappa shape index (κ2) is 9.27. The number of carbonyl (C=O) groups is 1. The summed E-state index contributed by atoms with van der Waals surface area (Å²) in [4.78, 5) is 10.7. The summed E-state index contributed by atoms with van der Waals surface area (Å²) in [6, 6.07) is 3.34. The Balaban J connectivity index is 2.91. The number of unbranched alkanes of at least 4 members (excludes halogenated alkanes) is 4. The summed E-state index contributed by atoms with van der Waals surface area (Å²) < 4.78 is 4.64. The van der Waals surface area contributed by atoms with E-state index < -0.39 is 6.16 Å². The van der Waals surface area contributed by atoms with Gasteiger partial charge in [-0.25, -0.2) is 4.79 Å². The molecule has 0 unspecified atom stereocenters. The lowest BCUT2D eigenvalue weighted by Gasteiger charge is -2.13. The average Bonchev–Trinajstić information content (AvgIpc) is 2.43. The third-order valence-corrected chi connectivity index (χ3v) is 3.58. The van der Waals surface area contributed by atoms with Gasteiger partial charge in [0.15, 0.2) is 11.5 Å². The van der Waals surface area contributed by atoms with Crippen molar-refractivity contribution in [2.24, 2.45) is 0 Å². The van der Waals surface area contributed by atoms with Crippen LogP contribution < -0.4 is 4.74 Å². The molecule has 0 fully saturated rings. The lowest BCUT2D eigenvalue weighted by Crippen LogP contribution is -2.05. The van der Waals surface area contributed by atoms with Gasteiger partial charge < -0.3 is 14.9 Å². The van der Waals surface area contributed by atoms with Gasteiger partial charge in [0.25, 0.3) is 0 Å². The monoisotopic (exact) mass is 294 g/mol. The van der Waals surface area contributed by atoms with Crippen LogP contribution in [0.4, 0.5) is 4.79 Å². The lowest BCUT2D eigenvalue weighted by molar-refractivity contribution is 0.143. The van der Waals surface area contributed by atoms with Gasteiger partial charge in [0.2, 0.25) is 0 Å². The zero-order chi connectivity index (χ0) is 15.7. The molecular weight excluding hydrogens is 268 g/mol. The van der Waals surface area contributed by atoms with Crippen LogP contribution in [0.5, 0.6) is 11.5 Å². The summed E-state index contributed by atoms with van der Waals surface area (Å²) in [5.41, 5.74) is 2.20. The fourth-order valence-corrected chi connectivity index (χ4v) is 2.43. The number of hydrogen-bond acceptors (Lipinski definition) is 3. The van der Waals surface area contributed by atoms with E-state index in [1.54, 1.807) is 12.1 Å². The minimum absolute atomic E-state index is 0.0354. The topological polar surface area (TPSA) is 66.8 Å². The summed E-state index contributed by atoms with van der Waals surface area (Å²) in [7, 11) is 0. The Morgan fingerprint density at radius 2 is 1.52 bits per heavy atom. The molecule has 0 aromatic heterocycles. The van der Waals surface area contributed by atoms with Crippen LogP contribution in [0.1, 0.15) is 63.5 Å². The van der Waals surface area contributed by atoms with Crippen LogP contribution in [0.25, 0.3) is 0 Å². The molecule has 4 nitrogen and oxygen atoms in total. The van der Waals surface area contributed by atoms with Gasteiger partial charge in [-0.2, -0.15) is 0 Å². The third kappa shape index (κ3) is 6.06. The van der Waals surface area contributed by atoms with Gasteiger partial charge in [-0.05, 0) is 48.9 Å². The molecule has 4 heteroatoms. The fourth-order valence-electron chi connectivity index (χ4n) is 2.43. The third-order valence-electron chi connectivity index (χ3n) is 3.58. The first-order chi connectivity index (χ1) is 10.1. The fraction of sp³-hybridized carbons (Fsp3) is 0.588. The molecule has 0 aliphatic heterocycles. The van der Waals surface area contributed by atoms with Crippen molar-refractivity contribution in [3.05, 3.63) is 23.3 Å². The van der Waals surface area contributed by atoms with Crippen LogP contribution in [0.2, 0.25) is 0 Å². The number of phenolic OH excluding ortho intramolecular Hbond substituents is 1. The van der Waals surface area contributed by atoms with E-state index in [2.05, 4.69) is 18.6 Å². The van der Waals surface area contributed by atoms with Crippen LogP contribution in [-0.4, -0.2) is 16.4 Å². The highest BCUT2D eigenvalue weighted by atomic mass is 16.7. The highest BCUT2D eigenvalue weighted by Gasteiger charge is 2.13. The second-order valence-corrected chi connectivity index (χ2v) is 5.37. The maximum absolute atomic E-state index is 10.7. The molecule has 0 aliphatic rings. The molecule has 0 radical (unpaired) electrons. The van der Waals surface area contributed by atoms with E-state index in [4.69, 9.17) is 5.11 Å². The van der Waals surface area contributed by atoms with Crippen LogP contribution in [0, 0.1) is 0 Å². The smallest absolute Gasteiger partial charge is 0.504 e. The quantitative estimate of drug-likeness (QED) is 0.385. The zero-order valence-electron chi connectivity index (χ0n) is 13.0. The van der Waals surface area contributed by atoms with E-state index in [0.717, 1.165) is 62.5 Å². The molecule has 2 N–H and O–H groups in total. The van der Waals surface area contributed by atoms with Crippen LogP contribution in [-0.2, 0) is 12.8 Å². The Bertz CT molecular complexity index is 454. The molecule has 0 heterocycles. The number of hydrogen-bond donors (Lipinski definition) is 2. The van der Waals surface area contributed by atoms with Crippen molar-refractivity contribution in [1.29, 1.82) is 0 Å². The SMILES string of the molecule is CCCCCc1cc(O)c(OC(=O)O)cc1CCCCC. The molecule has 0 saturated heterocycles. The highest BCUT2D eigenvalue weighted by Crippen LogP contribution is 2.31. The average molecular weight is 294 g/mol. The number of phenols is 1. The molecule has 1 aromatic carbocycles. The summed E-state index contributed by atoms with van der Waals surface area (Å²) in [5.74, 6) is -0.0589. The number of rotatable bonds is 9. The van der Waals surface area contributed by atoms with Crippen LogP contribution >= 0.6 is 0 Å². The van der Waals surface area contributed by atoms with Crippen LogP contribution in [0.15, 0.2) is 12.1 Å². The Morgan fingerprint density at radius 3 is 2.00 bits per heavy atom. The molecule has 0 atom stereocenters. The van der Waals surface area contributed by atoms with Crippen molar-refractivity contribution in [3.8, 4) is 11.5 Å². The highest BCUT2D eigenvalue weighted by molar-refractivity contribution is 5.63. The Kier molecular flexibility index (Phi) is 7.65. The summed E-state index contributed by atoms with van der Waals surface area (Å²) in [6.07, 6.45) is 7.14. The van der Waals surface area contributed by atoms with E-state index >= 15 is 0 Å². The van der Waals surface area contributed by atoms with E-state index in [0.29, 0.717) is 0 Å². The van der Waals surface area contributed by atoms with Gasteiger partial charge in [-0.15, -0.1) is 0 Å². The van der Waals surface area contributed by atoms with Gasteiger partial charge >= 0.3 is 6.16 Å². The maximum atomic E-state index is 10.7. The first-order valence-electron chi connectivity index (χ1n) is 7.84. The molecule has 0 aliphatic carbocycles. The predicted octanol–water partition coefficient (Wildman–Crippen LogP) is 4.91. The van der Waals surface area contributed by atoms with Gasteiger partial charge in [0, 0.05) is 0 Å². The molecule has 0 saturated carbocycles. The molecule has 0 bridgehead atoms. The second-order valence-electron chi connectivity index (χ2n) is 5.37. The Morgan fingerprint density at radius 1 is 1.00 bits per heavy atom.